The Bertz CT molecular complexity index is 765. The molecular formula is C18H23N5O3S. The average molecular weight is 389 g/mol. The molecule has 0 fully saturated rings. The number of hydrogen-bond donors (Lipinski definition) is 1. The summed E-state index contributed by atoms with van der Waals surface area (Å²) in [4.78, 5) is 18.2. The van der Waals surface area contributed by atoms with Gasteiger partial charge in [0.15, 0.2) is 11.0 Å². The van der Waals surface area contributed by atoms with Crippen LogP contribution >= 0.6 is 11.3 Å². The number of nitrogens with one attached hydrogen (secondary N) is 1. The van der Waals surface area contributed by atoms with E-state index in [1.54, 1.807) is 0 Å². The standard InChI is InChI=1S/C18H23N5O3S/c1-2-25-16(24)9-12-23-11-6-10-19-17(23)20-18-22-21-15(27-18)13-26-14-7-4-3-5-8-14/h3-5,7-8H,2,6,9-13H2,1H3,(H,19,20,22). The van der Waals surface area contributed by atoms with Crippen LogP contribution in [0.4, 0.5) is 5.13 Å². The number of aliphatic imine (C=N–C) groups is 1. The Morgan fingerprint density at radius 3 is 2.96 bits per heavy atom. The molecule has 27 heavy (non-hydrogen) atoms. The number of rotatable bonds is 8. The number of aromatic nitrogens is 2. The molecule has 0 unspecified atom stereocenters. The fourth-order valence-electron chi connectivity index (χ4n) is 2.57. The van der Waals surface area contributed by atoms with E-state index in [1.165, 1.54) is 11.3 Å². The van der Waals surface area contributed by atoms with Crippen molar-refractivity contribution >= 4 is 28.4 Å². The van der Waals surface area contributed by atoms with Crippen LogP contribution in [-0.4, -0.2) is 53.3 Å². The van der Waals surface area contributed by atoms with E-state index in [9.17, 15) is 4.79 Å². The molecule has 0 saturated carbocycles. The molecule has 0 atom stereocenters. The lowest BCUT2D eigenvalue weighted by Gasteiger charge is -2.28. The largest absolute Gasteiger partial charge is 0.486 e. The molecule has 0 aliphatic carbocycles. The summed E-state index contributed by atoms with van der Waals surface area (Å²) in [6.45, 7) is 4.73. The molecule has 3 rings (SSSR count). The summed E-state index contributed by atoms with van der Waals surface area (Å²) >= 11 is 1.42. The highest BCUT2D eigenvalue weighted by atomic mass is 32.1. The van der Waals surface area contributed by atoms with Crippen LogP contribution in [0.15, 0.2) is 35.3 Å². The molecule has 8 nitrogen and oxygen atoms in total. The predicted molar refractivity (Wildman–Crippen MR) is 104 cm³/mol. The number of carbonyl (C=O) groups is 1. The second kappa shape index (κ2) is 9.86. The van der Waals surface area contributed by atoms with Gasteiger partial charge in [0, 0.05) is 19.6 Å². The summed E-state index contributed by atoms with van der Waals surface area (Å²) in [6.07, 6.45) is 1.29. The maximum absolute atomic E-state index is 11.6. The van der Waals surface area contributed by atoms with Crippen LogP contribution in [0.2, 0.25) is 0 Å². The first-order valence-electron chi connectivity index (χ1n) is 8.97. The number of esters is 1. The van der Waals surface area contributed by atoms with Crippen LogP contribution in [0.1, 0.15) is 24.8 Å². The van der Waals surface area contributed by atoms with Crippen molar-refractivity contribution in [2.75, 3.05) is 31.6 Å². The number of benzene rings is 1. The summed E-state index contributed by atoms with van der Waals surface area (Å²) in [5, 5.41) is 13.0. The molecule has 1 aromatic heterocycles. The van der Waals surface area contributed by atoms with Crippen LogP contribution in [-0.2, 0) is 16.1 Å². The second-order valence-corrected chi connectivity index (χ2v) is 6.89. The second-order valence-electron chi connectivity index (χ2n) is 5.83. The molecular weight excluding hydrogens is 366 g/mol. The highest BCUT2D eigenvalue weighted by Gasteiger charge is 2.18. The number of ether oxygens (including phenoxy) is 2. The maximum Gasteiger partial charge on any atom is 0.307 e. The minimum Gasteiger partial charge on any atom is -0.486 e. The smallest absolute Gasteiger partial charge is 0.307 e. The third-order valence-electron chi connectivity index (χ3n) is 3.83. The molecule has 0 saturated heterocycles. The van der Waals surface area contributed by atoms with E-state index in [2.05, 4.69) is 20.5 Å². The van der Waals surface area contributed by atoms with Crippen LogP contribution in [0.3, 0.4) is 0 Å². The quantitative estimate of drug-likeness (QED) is 0.694. The van der Waals surface area contributed by atoms with Crippen molar-refractivity contribution in [2.24, 2.45) is 4.99 Å². The molecule has 1 aromatic carbocycles. The Kier molecular flexibility index (Phi) is 6.97. The first-order chi connectivity index (χ1) is 13.2. The molecule has 0 amide bonds. The van der Waals surface area contributed by atoms with Gasteiger partial charge in [-0.2, -0.15) is 0 Å². The van der Waals surface area contributed by atoms with Crippen molar-refractivity contribution in [3.05, 3.63) is 35.3 Å². The van der Waals surface area contributed by atoms with Gasteiger partial charge in [0.1, 0.15) is 12.4 Å². The van der Waals surface area contributed by atoms with Gasteiger partial charge in [-0.3, -0.25) is 9.79 Å². The Morgan fingerprint density at radius 1 is 1.30 bits per heavy atom. The van der Waals surface area contributed by atoms with Crippen LogP contribution < -0.4 is 10.1 Å². The van der Waals surface area contributed by atoms with Gasteiger partial charge in [-0.25, -0.2) is 0 Å². The van der Waals surface area contributed by atoms with Crippen LogP contribution in [0.5, 0.6) is 5.75 Å². The Morgan fingerprint density at radius 2 is 2.15 bits per heavy atom. The zero-order chi connectivity index (χ0) is 18.9. The highest BCUT2D eigenvalue weighted by Crippen LogP contribution is 2.19. The topological polar surface area (TPSA) is 88.9 Å². The SMILES string of the molecule is CCOC(=O)CCN1CCCN=C1Nc1nnc(COc2ccccc2)s1. The Balaban J connectivity index is 1.53. The summed E-state index contributed by atoms with van der Waals surface area (Å²) in [5.41, 5.74) is 0. The third kappa shape index (κ3) is 5.92. The predicted octanol–water partition coefficient (Wildman–Crippen LogP) is 2.54. The van der Waals surface area contributed by atoms with E-state index in [-0.39, 0.29) is 5.97 Å². The fourth-order valence-corrected chi connectivity index (χ4v) is 3.21. The number of nitrogens with zero attached hydrogens (tertiary/aromatic N) is 4. The van der Waals surface area contributed by atoms with Gasteiger partial charge in [0.2, 0.25) is 5.13 Å². The van der Waals surface area contributed by atoms with E-state index in [0.29, 0.717) is 31.3 Å². The van der Waals surface area contributed by atoms with Crippen molar-refractivity contribution in [1.82, 2.24) is 15.1 Å². The van der Waals surface area contributed by atoms with Crippen molar-refractivity contribution in [3.8, 4) is 5.75 Å². The Labute approximate surface area is 162 Å². The third-order valence-corrected chi connectivity index (χ3v) is 4.64. The first kappa shape index (κ1) is 19.1. The highest BCUT2D eigenvalue weighted by molar-refractivity contribution is 7.15. The lowest BCUT2D eigenvalue weighted by atomic mass is 10.3. The zero-order valence-corrected chi connectivity index (χ0v) is 16.1. The lowest BCUT2D eigenvalue weighted by molar-refractivity contribution is -0.143. The summed E-state index contributed by atoms with van der Waals surface area (Å²) in [7, 11) is 0. The van der Waals surface area contributed by atoms with E-state index in [0.717, 1.165) is 36.2 Å². The summed E-state index contributed by atoms with van der Waals surface area (Å²) < 4.78 is 10.7. The number of anilines is 1. The van der Waals surface area contributed by atoms with Gasteiger partial charge in [-0.1, -0.05) is 29.5 Å². The minimum absolute atomic E-state index is 0.196. The summed E-state index contributed by atoms with van der Waals surface area (Å²) in [5.74, 6) is 1.32. The Hall–Kier alpha value is -2.68. The normalized spacial score (nSPS) is 13.8. The van der Waals surface area contributed by atoms with Gasteiger partial charge < -0.3 is 19.7 Å². The van der Waals surface area contributed by atoms with Gasteiger partial charge >= 0.3 is 5.97 Å². The van der Waals surface area contributed by atoms with Crippen molar-refractivity contribution < 1.29 is 14.3 Å². The monoisotopic (exact) mass is 389 g/mol. The molecule has 1 aliphatic rings. The van der Waals surface area contributed by atoms with Gasteiger partial charge in [-0.15, -0.1) is 10.2 Å². The van der Waals surface area contributed by atoms with Gasteiger partial charge in [-0.05, 0) is 25.5 Å². The fraction of sp³-hybridized carbons (Fsp3) is 0.444. The molecule has 9 heteroatoms. The number of para-hydroxylation sites is 1. The van der Waals surface area contributed by atoms with Crippen molar-refractivity contribution in [2.45, 2.75) is 26.4 Å². The van der Waals surface area contributed by atoms with Crippen LogP contribution in [0, 0.1) is 0 Å². The van der Waals surface area contributed by atoms with Crippen molar-refractivity contribution in [1.29, 1.82) is 0 Å². The van der Waals surface area contributed by atoms with E-state index >= 15 is 0 Å². The zero-order valence-electron chi connectivity index (χ0n) is 15.3. The number of carbonyl (C=O) groups excluding carboxylic acids is 1. The van der Waals surface area contributed by atoms with E-state index in [1.807, 2.05) is 42.2 Å². The van der Waals surface area contributed by atoms with E-state index < -0.39 is 0 Å². The molecule has 0 spiro atoms. The van der Waals surface area contributed by atoms with Gasteiger partial charge in [0.05, 0.1) is 13.0 Å². The molecule has 2 aromatic rings. The minimum atomic E-state index is -0.196. The van der Waals surface area contributed by atoms with E-state index in [4.69, 9.17) is 9.47 Å². The van der Waals surface area contributed by atoms with Crippen LogP contribution in [0.25, 0.3) is 0 Å². The summed E-state index contributed by atoms with van der Waals surface area (Å²) in [6, 6.07) is 9.60. The number of guanidine groups is 1. The number of hydrogen-bond acceptors (Lipinski definition) is 9. The molecule has 2 heterocycles. The molecule has 0 bridgehead atoms. The lowest BCUT2D eigenvalue weighted by Crippen LogP contribution is -2.41. The molecule has 0 radical (unpaired) electrons. The average Bonchev–Trinajstić information content (AvgIpc) is 3.14. The first-order valence-corrected chi connectivity index (χ1v) is 9.78. The van der Waals surface area contributed by atoms with Crippen molar-refractivity contribution in [3.63, 3.8) is 0 Å². The molecule has 1 aliphatic heterocycles. The molecule has 144 valence electrons. The van der Waals surface area contributed by atoms with Gasteiger partial charge in [0.25, 0.3) is 0 Å². The molecule has 1 N–H and O–H groups in total. The maximum atomic E-state index is 11.6.